The van der Waals surface area contributed by atoms with Crippen molar-refractivity contribution in [2.75, 3.05) is 0 Å². The molecule has 0 aliphatic carbocycles. The van der Waals surface area contributed by atoms with Crippen molar-refractivity contribution in [1.82, 2.24) is 0 Å². The molecule has 0 amide bonds. The first-order valence-corrected chi connectivity index (χ1v) is 1.83. The van der Waals surface area contributed by atoms with Crippen LogP contribution in [0.2, 0.25) is 0 Å². The summed E-state index contributed by atoms with van der Waals surface area (Å²) in [5.41, 5.74) is 0. The van der Waals surface area contributed by atoms with E-state index in [1.54, 1.807) is 0 Å². The third-order valence-electron chi connectivity index (χ3n) is 0. The number of rotatable bonds is 0. The quantitative estimate of drug-likeness (QED) is 0.305. The van der Waals surface area contributed by atoms with E-state index in [9.17, 15) is 0 Å². The summed E-state index contributed by atoms with van der Waals surface area (Å²) in [5.74, 6) is 0. The van der Waals surface area contributed by atoms with Gasteiger partial charge in [-0.05, 0) is 0 Å². The van der Waals surface area contributed by atoms with Gasteiger partial charge in [0, 0.05) is 0 Å². The molecule has 17 heavy (non-hydrogen) atoms. The van der Waals surface area contributed by atoms with Gasteiger partial charge in [-0.3, -0.25) is 0 Å². The smallest absolute Gasteiger partial charge is 0.444 e. The average Bonchev–Trinajstić information content (AvgIpc) is 2.09. The Morgan fingerprint density at radius 2 is 0.471 bits per heavy atom. The SMILES string of the molecule is O=N[O-].O=N[O-].O=N[O-].O=N[O-].O=N[O-].[La+3].[Mn+2]. The van der Waals surface area contributed by atoms with Crippen LogP contribution in [0.5, 0.6) is 0 Å². The normalized spacial score (nSPS) is 3.53. The van der Waals surface area contributed by atoms with Gasteiger partial charge in [-0.1, -0.05) is 0 Å². The maximum Gasteiger partial charge on any atom is 3.00 e. The maximum atomic E-state index is 8.00. The number of nitrogens with zero attached hydrogens (tertiary/aromatic N) is 5. The van der Waals surface area contributed by atoms with Crippen LogP contribution in [0.1, 0.15) is 0 Å². The van der Waals surface area contributed by atoms with Crippen molar-refractivity contribution in [3.05, 3.63) is 50.6 Å². The minimum Gasteiger partial charge on any atom is -0.444 e. The molecule has 17 heteroatoms. The van der Waals surface area contributed by atoms with E-state index in [1.165, 1.54) is 0 Å². The minimum atomic E-state index is 0. The molecule has 15 nitrogen and oxygen atoms in total. The Hall–Kier alpha value is -1.29. The summed E-state index contributed by atoms with van der Waals surface area (Å²) in [6.07, 6.45) is 0. The second kappa shape index (κ2) is 201. The van der Waals surface area contributed by atoms with Crippen LogP contribution >= 0.6 is 0 Å². The Bertz CT molecular complexity index is 97.0. The Morgan fingerprint density at radius 1 is 0.471 bits per heavy atom. The number of hydrogen-bond donors (Lipinski definition) is 0. The standard InChI is InChI=1S/La.Mn.5HNO2/c;;5*2-1-3/h;;5*(H,2,3)/q+3;+2;;;;;/p-5. The molecule has 0 rings (SSSR count). The van der Waals surface area contributed by atoms with Crippen LogP contribution in [0.4, 0.5) is 0 Å². The van der Waals surface area contributed by atoms with Crippen LogP contribution in [-0.2, 0) is 17.1 Å². The summed E-state index contributed by atoms with van der Waals surface area (Å²) in [7, 11) is 0. The molecule has 0 saturated heterocycles. The van der Waals surface area contributed by atoms with Gasteiger partial charge in [0.15, 0.2) is 0 Å². The van der Waals surface area contributed by atoms with Gasteiger partial charge in [-0.15, -0.1) is 26.7 Å². The fourth-order valence-electron chi connectivity index (χ4n) is 0. The zero-order chi connectivity index (χ0) is 13.5. The second-order valence-corrected chi connectivity index (χ2v) is 0.373. The third-order valence-corrected chi connectivity index (χ3v) is 0. The van der Waals surface area contributed by atoms with E-state index in [1.807, 2.05) is 0 Å². The predicted octanol–water partition coefficient (Wildman–Crippen LogP) is 1.25. The van der Waals surface area contributed by atoms with Gasteiger partial charge in [-0.2, -0.15) is 0 Å². The molecule has 0 aliphatic heterocycles. The summed E-state index contributed by atoms with van der Waals surface area (Å²) in [4.78, 5) is 40.0. The van der Waals surface area contributed by atoms with Crippen molar-refractivity contribution in [3.63, 3.8) is 0 Å². The van der Waals surface area contributed by atoms with E-state index in [2.05, 4.69) is 0 Å². The fourth-order valence-corrected chi connectivity index (χ4v) is 0. The molecule has 0 saturated carbocycles. The van der Waals surface area contributed by atoms with E-state index in [0.29, 0.717) is 0 Å². The fraction of sp³-hybridized carbons (Fsp3) is 0. The molecule has 0 heterocycles. The Morgan fingerprint density at radius 3 is 0.471 bits per heavy atom. The largest absolute Gasteiger partial charge is 3.00 e. The number of hydrogen-bond acceptors (Lipinski definition) is 15. The van der Waals surface area contributed by atoms with Gasteiger partial charge < -0.3 is 50.6 Å². The molecule has 0 aliphatic rings. The van der Waals surface area contributed by atoms with Crippen molar-refractivity contribution in [1.29, 1.82) is 0 Å². The summed E-state index contributed by atoms with van der Waals surface area (Å²) >= 11 is 0. The van der Waals surface area contributed by atoms with Crippen molar-refractivity contribution >= 4 is 0 Å². The topological polar surface area (TPSA) is 262 Å². The van der Waals surface area contributed by atoms with E-state index < -0.39 is 0 Å². The molecular weight excluding hydrogens is 424 g/mol. The monoisotopic (exact) mass is 424 g/mol. The van der Waals surface area contributed by atoms with Crippen LogP contribution < -0.4 is 0 Å². The Balaban J connectivity index is -0.0000000143. The Kier molecular flexibility index (Phi) is 529. The van der Waals surface area contributed by atoms with Gasteiger partial charge in [0.25, 0.3) is 0 Å². The molecule has 0 spiro atoms. The van der Waals surface area contributed by atoms with Crippen molar-refractivity contribution < 1.29 is 52.7 Å². The average molecular weight is 424 g/mol. The van der Waals surface area contributed by atoms with Gasteiger partial charge in [0.1, 0.15) is 0 Å². The van der Waals surface area contributed by atoms with E-state index >= 15 is 0 Å². The van der Waals surface area contributed by atoms with Crippen molar-refractivity contribution in [2.45, 2.75) is 0 Å². The van der Waals surface area contributed by atoms with E-state index in [-0.39, 0.29) is 52.7 Å². The molecule has 0 bridgehead atoms. The summed E-state index contributed by atoms with van der Waals surface area (Å²) in [6.45, 7) is 0. The molecule has 0 unspecified atom stereocenters. The van der Waals surface area contributed by atoms with E-state index in [4.69, 9.17) is 50.6 Å². The van der Waals surface area contributed by atoms with Crippen molar-refractivity contribution in [2.24, 2.45) is 26.7 Å². The molecule has 95 valence electrons. The van der Waals surface area contributed by atoms with Gasteiger partial charge in [0.05, 0.1) is 0 Å². The van der Waals surface area contributed by atoms with E-state index in [0.717, 1.165) is 26.7 Å². The molecule has 0 aromatic heterocycles. The molecule has 0 atom stereocenters. The van der Waals surface area contributed by atoms with Gasteiger partial charge in [0.2, 0.25) is 0 Å². The third kappa shape index (κ3) is 1440. The van der Waals surface area contributed by atoms with Crippen molar-refractivity contribution in [3.8, 4) is 0 Å². The summed E-state index contributed by atoms with van der Waals surface area (Å²) in [5, 5.41) is 45.0. The molecular formula is LaMnN5O10. The zero-order valence-corrected chi connectivity index (χ0v) is 12.1. The molecule has 0 aromatic carbocycles. The molecule has 1 radical (unpaired) electrons. The summed E-state index contributed by atoms with van der Waals surface area (Å²) < 4.78 is 0. The first kappa shape index (κ1) is 44.8. The maximum absolute atomic E-state index is 8.00. The van der Waals surface area contributed by atoms with Crippen LogP contribution in [0.15, 0.2) is 26.7 Å². The molecule has 0 aromatic rings. The van der Waals surface area contributed by atoms with Crippen LogP contribution in [0.25, 0.3) is 0 Å². The minimum absolute atomic E-state index is 0. The van der Waals surface area contributed by atoms with Gasteiger partial charge in [-0.25, -0.2) is 0 Å². The first-order valence-electron chi connectivity index (χ1n) is 1.83. The van der Waals surface area contributed by atoms with Crippen LogP contribution in [0.3, 0.4) is 0 Å². The molecule has 0 fully saturated rings. The first-order chi connectivity index (χ1) is 7.07. The second-order valence-electron chi connectivity index (χ2n) is 0.373. The summed E-state index contributed by atoms with van der Waals surface area (Å²) in [6, 6.07) is 0. The van der Waals surface area contributed by atoms with Crippen LogP contribution in [-0.4, -0.2) is 0 Å². The zero-order valence-electron chi connectivity index (χ0n) is 7.27. The molecule has 0 N–H and O–H groups in total. The Labute approximate surface area is 129 Å². The predicted molar refractivity (Wildman–Crippen MR) is 45.8 cm³/mol. The van der Waals surface area contributed by atoms with Crippen LogP contribution in [0, 0.1) is 86.2 Å². The van der Waals surface area contributed by atoms with Gasteiger partial charge >= 0.3 is 52.7 Å².